The van der Waals surface area contributed by atoms with E-state index in [2.05, 4.69) is 43.2 Å². The van der Waals surface area contributed by atoms with Gasteiger partial charge in [-0.1, -0.05) is 6.42 Å². The van der Waals surface area contributed by atoms with Crippen molar-refractivity contribution in [2.75, 3.05) is 46.0 Å². The number of guanidine groups is 1. The maximum atomic E-state index is 5.98. The number of morpholine rings is 1. The Labute approximate surface area is 159 Å². The third-order valence-electron chi connectivity index (χ3n) is 6.58. The van der Waals surface area contributed by atoms with Crippen LogP contribution in [0.15, 0.2) is 4.99 Å². The number of hydrogen-bond donors (Lipinski definition) is 2. The first-order valence-corrected chi connectivity index (χ1v) is 10.5. The molecule has 2 unspecified atom stereocenters. The minimum Gasteiger partial charge on any atom is -0.379 e. The predicted octanol–water partition coefficient (Wildman–Crippen LogP) is 2.00. The van der Waals surface area contributed by atoms with Crippen LogP contribution in [0, 0.1) is 5.41 Å². The highest BCUT2D eigenvalue weighted by atomic mass is 16.5. The van der Waals surface area contributed by atoms with Crippen LogP contribution < -0.4 is 10.6 Å². The molecule has 150 valence electrons. The molecule has 0 aromatic rings. The molecule has 3 rings (SSSR count). The second-order valence-corrected chi connectivity index (χ2v) is 8.57. The number of rotatable bonds is 7. The van der Waals surface area contributed by atoms with Gasteiger partial charge in [-0.25, -0.2) is 0 Å². The van der Waals surface area contributed by atoms with Crippen molar-refractivity contribution < 1.29 is 9.47 Å². The monoisotopic (exact) mass is 366 g/mol. The van der Waals surface area contributed by atoms with Gasteiger partial charge in [0, 0.05) is 43.2 Å². The molecule has 3 aliphatic rings. The van der Waals surface area contributed by atoms with Crippen molar-refractivity contribution in [1.29, 1.82) is 0 Å². The zero-order chi connectivity index (χ0) is 18.6. The average Bonchev–Trinajstić information content (AvgIpc) is 2.58. The summed E-state index contributed by atoms with van der Waals surface area (Å²) in [6, 6.07) is 0.497. The van der Waals surface area contributed by atoms with Gasteiger partial charge < -0.3 is 20.1 Å². The topological polar surface area (TPSA) is 58.1 Å². The van der Waals surface area contributed by atoms with E-state index >= 15 is 0 Å². The fourth-order valence-electron chi connectivity index (χ4n) is 4.67. The molecular weight excluding hydrogens is 328 g/mol. The number of nitrogens with one attached hydrogen (secondary N) is 2. The Morgan fingerprint density at radius 3 is 2.58 bits per heavy atom. The molecule has 6 nitrogen and oxygen atoms in total. The molecule has 0 aromatic carbocycles. The van der Waals surface area contributed by atoms with Crippen molar-refractivity contribution in [2.45, 2.75) is 71.1 Å². The number of nitrogens with zero attached hydrogens (tertiary/aromatic N) is 2. The first-order chi connectivity index (χ1) is 12.5. The van der Waals surface area contributed by atoms with Gasteiger partial charge in [-0.2, -0.15) is 0 Å². The SMILES string of the molecule is CCNC(=NCC(C)(C)N1CCOCC1)NC1CC(OCC)C12CCC2. The Morgan fingerprint density at radius 2 is 2.00 bits per heavy atom. The summed E-state index contributed by atoms with van der Waals surface area (Å²) >= 11 is 0. The molecule has 3 fully saturated rings. The van der Waals surface area contributed by atoms with Gasteiger partial charge in [0.2, 0.25) is 0 Å². The van der Waals surface area contributed by atoms with E-state index in [-0.39, 0.29) is 5.54 Å². The molecule has 0 aromatic heterocycles. The molecule has 1 spiro atoms. The molecule has 2 aliphatic carbocycles. The van der Waals surface area contributed by atoms with Gasteiger partial charge in [0.25, 0.3) is 0 Å². The summed E-state index contributed by atoms with van der Waals surface area (Å²) in [6.45, 7) is 14.9. The average molecular weight is 367 g/mol. The van der Waals surface area contributed by atoms with Gasteiger partial charge in [-0.05, 0) is 47.0 Å². The fraction of sp³-hybridized carbons (Fsp3) is 0.950. The summed E-state index contributed by atoms with van der Waals surface area (Å²) in [6.07, 6.45) is 5.44. The molecule has 1 aliphatic heterocycles. The van der Waals surface area contributed by atoms with Gasteiger partial charge in [0.15, 0.2) is 5.96 Å². The Balaban J connectivity index is 1.59. The fourth-order valence-corrected chi connectivity index (χ4v) is 4.67. The highest BCUT2D eigenvalue weighted by Crippen LogP contribution is 2.57. The largest absolute Gasteiger partial charge is 0.379 e. The highest BCUT2D eigenvalue weighted by molar-refractivity contribution is 5.80. The van der Waals surface area contributed by atoms with Crippen LogP contribution in [0.1, 0.15) is 53.4 Å². The standard InChI is InChI=1S/C20H38N4O2/c1-5-21-18(22-15-19(3,4)24-10-12-25-13-11-24)23-16-14-17(26-6-2)20(16)8-7-9-20/h16-17H,5-15H2,1-4H3,(H2,21,22,23). The lowest BCUT2D eigenvalue weighted by Gasteiger charge is -2.61. The van der Waals surface area contributed by atoms with E-state index in [4.69, 9.17) is 14.5 Å². The van der Waals surface area contributed by atoms with Crippen molar-refractivity contribution in [3.63, 3.8) is 0 Å². The van der Waals surface area contributed by atoms with E-state index in [0.29, 0.717) is 17.6 Å². The van der Waals surface area contributed by atoms with Crippen molar-refractivity contribution in [3.05, 3.63) is 0 Å². The molecular formula is C20H38N4O2. The quantitative estimate of drug-likeness (QED) is 0.533. The molecule has 0 radical (unpaired) electrons. The van der Waals surface area contributed by atoms with E-state index < -0.39 is 0 Å². The highest BCUT2D eigenvalue weighted by Gasteiger charge is 2.59. The van der Waals surface area contributed by atoms with Crippen LogP contribution in [0.25, 0.3) is 0 Å². The molecule has 26 heavy (non-hydrogen) atoms. The molecule has 1 heterocycles. The lowest BCUT2D eigenvalue weighted by atomic mass is 9.51. The van der Waals surface area contributed by atoms with E-state index in [1.165, 1.54) is 19.3 Å². The van der Waals surface area contributed by atoms with Gasteiger partial charge in [-0.15, -0.1) is 0 Å². The first-order valence-electron chi connectivity index (χ1n) is 10.5. The van der Waals surface area contributed by atoms with E-state index in [1.807, 2.05) is 0 Å². The molecule has 1 saturated heterocycles. The minimum absolute atomic E-state index is 0.0494. The molecule has 2 N–H and O–H groups in total. The second-order valence-electron chi connectivity index (χ2n) is 8.57. The lowest BCUT2D eigenvalue weighted by molar-refractivity contribution is -0.168. The maximum Gasteiger partial charge on any atom is 0.191 e. The number of aliphatic imine (C=N–C) groups is 1. The van der Waals surface area contributed by atoms with E-state index in [0.717, 1.165) is 58.4 Å². The van der Waals surface area contributed by atoms with Crippen LogP contribution in [-0.2, 0) is 9.47 Å². The van der Waals surface area contributed by atoms with E-state index in [9.17, 15) is 0 Å². The van der Waals surface area contributed by atoms with Gasteiger partial charge in [0.1, 0.15) is 0 Å². The van der Waals surface area contributed by atoms with Crippen molar-refractivity contribution in [1.82, 2.24) is 15.5 Å². The second kappa shape index (κ2) is 8.44. The molecule has 0 amide bonds. The van der Waals surface area contributed by atoms with Crippen LogP contribution in [0.3, 0.4) is 0 Å². The summed E-state index contributed by atoms with van der Waals surface area (Å²) in [5.41, 5.74) is 0.402. The molecule has 0 bridgehead atoms. The Hall–Kier alpha value is -0.850. The van der Waals surface area contributed by atoms with Gasteiger partial charge in [-0.3, -0.25) is 9.89 Å². The van der Waals surface area contributed by atoms with Crippen molar-refractivity contribution in [3.8, 4) is 0 Å². The molecule has 2 atom stereocenters. The van der Waals surface area contributed by atoms with Crippen LogP contribution in [0.2, 0.25) is 0 Å². The summed E-state index contributed by atoms with van der Waals surface area (Å²) in [5, 5.41) is 7.17. The van der Waals surface area contributed by atoms with Crippen molar-refractivity contribution >= 4 is 5.96 Å². The smallest absolute Gasteiger partial charge is 0.191 e. The Kier molecular flexibility index (Phi) is 6.46. The van der Waals surface area contributed by atoms with Crippen molar-refractivity contribution in [2.24, 2.45) is 10.4 Å². The summed E-state index contributed by atoms with van der Waals surface area (Å²) < 4.78 is 11.5. The summed E-state index contributed by atoms with van der Waals surface area (Å²) in [5.74, 6) is 0.958. The van der Waals surface area contributed by atoms with Crippen LogP contribution in [-0.4, -0.2) is 74.5 Å². The summed E-state index contributed by atoms with van der Waals surface area (Å²) in [4.78, 5) is 7.44. The Morgan fingerprint density at radius 1 is 1.27 bits per heavy atom. The summed E-state index contributed by atoms with van der Waals surface area (Å²) in [7, 11) is 0. The Bertz CT molecular complexity index is 484. The van der Waals surface area contributed by atoms with Gasteiger partial charge in [0.05, 0.1) is 25.9 Å². The zero-order valence-electron chi connectivity index (χ0n) is 17.1. The maximum absolute atomic E-state index is 5.98. The lowest BCUT2D eigenvalue weighted by Crippen LogP contribution is -2.68. The van der Waals surface area contributed by atoms with E-state index in [1.54, 1.807) is 0 Å². The molecule has 6 heteroatoms. The van der Waals surface area contributed by atoms with Gasteiger partial charge >= 0.3 is 0 Å². The minimum atomic E-state index is 0.0494. The molecule has 2 saturated carbocycles. The number of ether oxygens (including phenoxy) is 2. The first kappa shape index (κ1) is 19.9. The van der Waals surface area contributed by atoms with Crippen LogP contribution in [0.4, 0.5) is 0 Å². The number of hydrogen-bond acceptors (Lipinski definition) is 4. The third-order valence-corrected chi connectivity index (χ3v) is 6.58. The van der Waals surface area contributed by atoms with Crippen LogP contribution >= 0.6 is 0 Å². The third kappa shape index (κ3) is 4.02. The zero-order valence-corrected chi connectivity index (χ0v) is 17.1. The normalized spacial score (nSPS) is 29.2. The predicted molar refractivity (Wildman–Crippen MR) is 106 cm³/mol. The van der Waals surface area contributed by atoms with Crippen LogP contribution in [0.5, 0.6) is 0 Å².